The van der Waals surface area contributed by atoms with Gasteiger partial charge in [0.05, 0.1) is 0 Å². The summed E-state index contributed by atoms with van der Waals surface area (Å²) < 4.78 is 0. The van der Waals surface area contributed by atoms with E-state index in [0.29, 0.717) is 5.92 Å². The van der Waals surface area contributed by atoms with E-state index in [4.69, 9.17) is 0 Å². The van der Waals surface area contributed by atoms with Crippen molar-refractivity contribution in [2.45, 2.75) is 39.5 Å². The van der Waals surface area contributed by atoms with Gasteiger partial charge in [-0.25, -0.2) is 0 Å². The number of hydrogen-bond donors (Lipinski definition) is 2. The summed E-state index contributed by atoms with van der Waals surface area (Å²) in [6, 6.07) is 7.74. The zero-order valence-corrected chi connectivity index (χ0v) is 12.6. The van der Waals surface area contributed by atoms with E-state index >= 15 is 0 Å². The van der Waals surface area contributed by atoms with Gasteiger partial charge in [0.2, 0.25) is 0 Å². The summed E-state index contributed by atoms with van der Waals surface area (Å²) in [5, 5.41) is 6.39. The number of anilines is 1. The van der Waals surface area contributed by atoms with Crippen LogP contribution in [0.2, 0.25) is 0 Å². The minimum Gasteiger partial charge on any atom is -0.385 e. The highest BCUT2D eigenvalue weighted by atomic mass is 16.1. The van der Waals surface area contributed by atoms with Crippen molar-refractivity contribution >= 4 is 11.6 Å². The van der Waals surface area contributed by atoms with Crippen molar-refractivity contribution in [3.8, 4) is 0 Å². The lowest BCUT2D eigenvalue weighted by molar-refractivity contribution is 0.0944. The van der Waals surface area contributed by atoms with E-state index in [1.54, 1.807) is 0 Å². The molecule has 1 saturated carbocycles. The highest BCUT2D eigenvalue weighted by Gasteiger charge is 2.23. The van der Waals surface area contributed by atoms with Gasteiger partial charge in [-0.3, -0.25) is 4.79 Å². The fraction of sp³-hybridized carbons (Fsp3) is 0.588. The van der Waals surface area contributed by atoms with Crippen LogP contribution in [-0.2, 0) is 0 Å². The van der Waals surface area contributed by atoms with Crippen molar-refractivity contribution in [3.63, 3.8) is 0 Å². The molecule has 1 fully saturated rings. The molecule has 0 aliphatic heterocycles. The van der Waals surface area contributed by atoms with Crippen LogP contribution in [0.4, 0.5) is 5.69 Å². The Balaban J connectivity index is 1.82. The normalized spacial score (nSPS) is 21.7. The standard InChI is InChI=1S/C17H26N2O/c1-3-11-18-16-9-7-14(8-10-16)17(20)19-12-15-6-4-5-13(15)2/h7-10,13,15,18H,3-6,11-12H2,1-2H3,(H,19,20). The Morgan fingerprint density at radius 2 is 2.00 bits per heavy atom. The van der Waals surface area contributed by atoms with Crippen molar-refractivity contribution < 1.29 is 4.79 Å². The molecular formula is C17H26N2O. The van der Waals surface area contributed by atoms with Crippen LogP contribution >= 0.6 is 0 Å². The Hall–Kier alpha value is -1.51. The van der Waals surface area contributed by atoms with Gasteiger partial charge in [0.15, 0.2) is 0 Å². The fourth-order valence-electron chi connectivity index (χ4n) is 2.86. The second-order valence-corrected chi connectivity index (χ2v) is 5.88. The maximum absolute atomic E-state index is 12.1. The van der Waals surface area contributed by atoms with Crippen molar-refractivity contribution in [3.05, 3.63) is 29.8 Å². The number of carbonyl (C=O) groups is 1. The lowest BCUT2D eigenvalue weighted by atomic mass is 9.98. The van der Waals surface area contributed by atoms with Gasteiger partial charge in [-0.05, 0) is 48.9 Å². The molecule has 2 rings (SSSR count). The Labute approximate surface area is 122 Å². The maximum atomic E-state index is 12.1. The van der Waals surface area contributed by atoms with Gasteiger partial charge < -0.3 is 10.6 Å². The minimum absolute atomic E-state index is 0.0474. The van der Waals surface area contributed by atoms with Crippen molar-refractivity contribution in [2.75, 3.05) is 18.4 Å². The SMILES string of the molecule is CCCNc1ccc(C(=O)NCC2CCCC2C)cc1. The van der Waals surface area contributed by atoms with Crippen LogP contribution in [0.5, 0.6) is 0 Å². The molecule has 1 aliphatic rings. The van der Waals surface area contributed by atoms with Crippen molar-refractivity contribution in [1.82, 2.24) is 5.32 Å². The lowest BCUT2D eigenvalue weighted by Crippen LogP contribution is -2.30. The quantitative estimate of drug-likeness (QED) is 0.831. The average molecular weight is 274 g/mol. The predicted molar refractivity (Wildman–Crippen MR) is 84.1 cm³/mol. The maximum Gasteiger partial charge on any atom is 0.251 e. The molecular weight excluding hydrogens is 248 g/mol. The van der Waals surface area contributed by atoms with Gasteiger partial charge in [0, 0.05) is 24.3 Å². The number of benzene rings is 1. The summed E-state index contributed by atoms with van der Waals surface area (Å²) >= 11 is 0. The first-order valence-electron chi connectivity index (χ1n) is 7.83. The first-order chi connectivity index (χ1) is 9.70. The lowest BCUT2D eigenvalue weighted by Gasteiger charge is -2.16. The highest BCUT2D eigenvalue weighted by Crippen LogP contribution is 2.30. The van der Waals surface area contributed by atoms with Crippen LogP contribution < -0.4 is 10.6 Å². The Morgan fingerprint density at radius 1 is 1.25 bits per heavy atom. The molecule has 1 aromatic rings. The second kappa shape index (κ2) is 7.32. The van der Waals surface area contributed by atoms with Gasteiger partial charge in [0.1, 0.15) is 0 Å². The van der Waals surface area contributed by atoms with Crippen LogP contribution in [-0.4, -0.2) is 19.0 Å². The van der Waals surface area contributed by atoms with Gasteiger partial charge >= 0.3 is 0 Å². The summed E-state index contributed by atoms with van der Waals surface area (Å²) in [6.07, 6.45) is 4.96. The van der Waals surface area contributed by atoms with E-state index in [9.17, 15) is 4.79 Å². The smallest absolute Gasteiger partial charge is 0.251 e. The van der Waals surface area contributed by atoms with Crippen LogP contribution in [0.15, 0.2) is 24.3 Å². The van der Waals surface area contributed by atoms with Gasteiger partial charge in [-0.1, -0.05) is 26.7 Å². The molecule has 0 radical (unpaired) electrons. The molecule has 0 heterocycles. The third-order valence-electron chi connectivity index (χ3n) is 4.29. The van der Waals surface area contributed by atoms with E-state index in [2.05, 4.69) is 24.5 Å². The van der Waals surface area contributed by atoms with Gasteiger partial charge in [-0.2, -0.15) is 0 Å². The van der Waals surface area contributed by atoms with Crippen molar-refractivity contribution in [2.24, 2.45) is 11.8 Å². The molecule has 2 atom stereocenters. The number of amides is 1. The summed E-state index contributed by atoms with van der Waals surface area (Å²) in [5.41, 5.74) is 1.82. The summed E-state index contributed by atoms with van der Waals surface area (Å²) in [4.78, 5) is 12.1. The fourth-order valence-corrected chi connectivity index (χ4v) is 2.86. The monoisotopic (exact) mass is 274 g/mol. The van der Waals surface area contributed by atoms with Crippen LogP contribution in [0.1, 0.15) is 49.9 Å². The highest BCUT2D eigenvalue weighted by molar-refractivity contribution is 5.94. The van der Waals surface area contributed by atoms with E-state index in [-0.39, 0.29) is 5.91 Å². The molecule has 0 aromatic heterocycles. The van der Waals surface area contributed by atoms with Crippen LogP contribution in [0.25, 0.3) is 0 Å². The minimum atomic E-state index is 0.0474. The second-order valence-electron chi connectivity index (χ2n) is 5.88. The summed E-state index contributed by atoms with van der Waals surface area (Å²) in [7, 11) is 0. The molecule has 3 nitrogen and oxygen atoms in total. The van der Waals surface area contributed by atoms with Gasteiger partial charge in [-0.15, -0.1) is 0 Å². The van der Waals surface area contributed by atoms with E-state index in [1.165, 1.54) is 19.3 Å². The van der Waals surface area contributed by atoms with Gasteiger partial charge in [0.25, 0.3) is 5.91 Å². The number of rotatable bonds is 6. The third kappa shape index (κ3) is 3.99. The molecule has 0 saturated heterocycles. The summed E-state index contributed by atoms with van der Waals surface area (Å²) in [5.74, 6) is 1.45. The molecule has 2 unspecified atom stereocenters. The topological polar surface area (TPSA) is 41.1 Å². The molecule has 1 amide bonds. The Morgan fingerprint density at radius 3 is 2.60 bits per heavy atom. The summed E-state index contributed by atoms with van der Waals surface area (Å²) in [6.45, 7) is 6.21. The number of nitrogens with one attached hydrogen (secondary N) is 2. The Bertz CT molecular complexity index is 427. The van der Waals surface area contributed by atoms with E-state index in [1.807, 2.05) is 24.3 Å². The first kappa shape index (κ1) is 14.9. The molecule has 3 heteroatoms. The number of hydrogen-bond acceptors (Lipinski definition) is 2. The zero-order valence-electron chi connectivity index (χ0n) is 12.6. The predicted octanol–water partition coefficient (Wildman–Crippen LogP) is 3.67. The first-order valence-corrected chi connectivity index (χ1v) is 7.83. The van der Waals surface area contributed by atoms with E-state index in [0.717, 1.165) is 36.7 Å². The molecule has 0 bridgehead atoms. The average Bonchev–Trinajstić information content (AvgIpc) is 2.88. The number of carbonyl (C=O) groups excluding carboxylic acids is 1. The molecule has 20 heavy (non-hydrogen) atoms. The molecule has 0 spiro atoms. The molecule has 2 N–H and O–H groups in total. The molecule has 110 valence electrons. The van der Waals surface area contributed by atoms with E-state index < -0.39 is 0 Å². The third-order valence-corrected chi connectivity index (χ3v) is 4.29. The Kier molecular flexibility index (Phi) is 5.45. The van der Waals surface area contributed by atoms with Crippen LogP contribution in [0.3, 0.4) is 0 Å². The molecule has 1 aliphatic carbocycles. The molecule has 1 aromatic carbocycles. The largest absolute Gasteiger partial charge is 0.385 e. The van der Waals surface area contributed by atoms with Crippen LogP contribution in [0, 0.1) is 11.8 Å². The van der Waals surface area contributed by atoms with Crippen molar-refractivity contribution in [1.29, 1.82) is 0 Å². The zero-order chi connectivity index (χ0) is 14.4.